The summed E-state index contributed by atoms with van der Waals surface area (Å²) in [5.41, 5.74) is 9.88. The number of nitrogens with zero attached hydrogens (tertiary/aromatic N) is 3. The summed E-state index contributed by atoms with van der Waals surface area (Å²) in [5.74, 6) is 0.0210. The van der Waals surface area contributed by atoms with Crippen molar-refractivity contribution in [1.82, 2.24) is 15.0 Å². The number of halogens is 1. The van der Waals surface area contributed by atoms with Gasteiger partial charge in [-0.1, -0.05) is 109 Å². The molecule has 0 unspecified atom stereocenters. The number of aromatic nitrogens is 3. The van der Waals surface area contributed by atoms with E-state index in [-0.39, 0.29) is 5.75 Å². The fourth-order valence-corrected chi connectivity index (χ4v) is 6.79. The van der Waals surface area contributed by atoms with E-state index in [0.29, 0.717) is 16.3 Å². The van der Waals surface area contributed by atoms with Crippen molar-refractivity contribution in [3.8, 4) is 39.4 Å². The molecule has 5 aromatic carbocycles. The van der Waals surface area contributed by atoms with E-state index in [1.54, 1.807) is 12.4 Å². The second-order valence-electron chi connectivity index (χ2n) is 10.7. The Kier molecular flexibility index (Phi) is 5.85. The fraction of sp³-hybridized carbons (Fsp3) is 0.0263. The SMILES string of the molecule is Oc1c(Cl)cccc1-c1cccc(C2(c3cccc(-c4ncnc5ccccc45)c3)c3ccccc3-c3ccccc32)n1. The Bertz CT molecular complexity index is 2140. The third kappa shape index (κ3) is 3.80. The predicted octanol–water partition coefficient (Wildman–Crippen LogP) is 9.08. The van der Waals surface area contributed by atoms with Gasteiger partial charge in [0.05, 0.1) is 33.0 Å². The van der Waals surface area contributed by atoms with E-state index in [0.717, 1.165) is 44.5 Å². The third-order valence-corrected chi connectivity index (χ3v) is 8.77. The van der Waals surface area contributed by atoms with Crippen LogP contribution in [0, 0.1) is 0 Å². The summed E-state index contributed by atoms with van der Waals surface area (Å²) in [6.07, 6.45) is 1.63. The van der Waals surface area contributed by atoms with Crippen LogP contribution >= 0.6 is 11.6 Å². The Balaban J connectivity index is 1.44. The number of benzene rings is 5. The predicted molar refractivity (Wildman–Crippen MR) is 172 cm³/mol. The quantitative estimate of drug-likeness (QED) is 0.228. The number of hydrogen-bond donors (Lipinski definition) is 1. The average molecular weight is 574 g/mol. The second-order valence-corrected chi connectivity index (χ2v) is 11.1. The van der Waals surface area contributed by atoms with Gasteiger partial charge in [0.1, 0.15) is 12.1 Å². The van der Waals surface area contributed by atoms with Crippen molar-refractivity contribution in [2.45, 2.75) is 5.41 Å². The Morgan fingerprint density at radius 1 is 0.605 bits per heavy atom. The first-order chi connectivity index (χ1) is 21.2. The molecule has 0 saturated heterocycles. The van der Waals surface area contributed by atoms with Crippen molar-refractivity contribution in [2.75, 3.05) is 0 Å². The molecule has 2 heterocycles. The highest BCUT2D eigenvalue weighted by molar-refractivity contribution is 6.32. The number of pyridine rings is 1. The Hall–Kier alpha value is -5.32. The largest absolute Gasteiger partial charge is 0.506 e. The number of fused-ring (bicyclic) bond motifs is 4. The highest BCUT2D eigenvalue weighted by Crippen LogP contribution is 2.56. The van der Waals surface area contributed by atoms with Gasteiger partial charge in [0, 0.05) is 16.5 Å². The van der Waals surface area contributed by atoms with Crippen molar-refractivity contribution in [3.05, 3.63) is 167 Å². The van der Waals surface area contributed by atoms with Crippen LogP contribution in [-0.4, -0.2) is 20.1 Å². The smallest absolute Gasteiger partial charge is 0.143 e. The first-order valence-electron chi connectivity index (χ1n) is 14.1. The van der Waals surface area contributed by atoms with Gasteiger partial charge in [0.15, 0.2) is 0 Å². The molecule has 204 valence electrons. The van der Waals surface area contributed by atoms with Gasteiger partial charge in [-0.25, -0.2) is 9.97 Å². The van der Waals surface area contributed by atoms with Gasteiger partial charge in [0.25, 0.3) is 0 Å². The molecule has 2 aromatic heterocycles. The molecule has 0 saturated carbocycles. The van der Waals surface area contributed by atoms with Gasteiger partial charge < -0.3 is 5.11 Å². The van der Waals surface area contributed by atoms with Gasteiger partial charge >= 0.3 is 0 Å². The molecule has 1 aliphatic rings. The zero-order valence-corrected chi connectivity index (χ0v) is 23.7. The van der Waals surface area contributed by atoms with E-state index < -0.39 is 5.41 Å². The van der Waals surface area contributed by atoms with Crippen molar-refractivity contribution in [3.63, 3.8) is 0 Å². The van der Waals surface area contributed by atoms with Gasteiger partial charge in [0.2, 0.25) is 0 Å². The summed E-state index contributed by atoms with van der Waals surface area (Å²) in [7, 11) is 0. The highest BCUT2D eigenvalue weighted by Gasteiger charge is 2.47. The van der Waals surface area contributed by atoms with Crippen molar-refractivity contribution in [1.29, 1.82) is 0 Å². The summed E-state index contributed by atoms with van der Waals surface area (Å²) < 4.78 is 0. The zero-order valence-electron chi connectivity index (χ0n) is 22.9. The molecule has 1 N–H and O–H groups in total. The third-order valence-electron chi connectivity index (χ3n) is 8.46. The molecule has 0 radical (unpaired) electrons. The second kappa shape index (κ2) is 9.90. The molecule has 7 aromatic rings. The molecular weight excluding hydrogens is 550 g/mol. The Morgan fingerprint density at radius 2 is 1.28 bits per heavy atom. The van der Waals surface area contributed by atoms with Crippen LogP contribution in [-0.2, 0) is 5.41 Å². The maximum absolute atomic E-state index is 10.9. The van der Waals surface area contributed by atoms with Gasteiger partial charge in [-0.05, 0) is 64.2 Å². The first-order valence-corrected chi connectivity index (χ1v) is 14.5. The maximum atomic E-state index is 10.9. The summed E-state index contributed by atoms with van der Waals surface area (Å²) in [6, 6.07) is 45.2. The molecule has 0 bridgehead atoms. The molecule has 0 aliphatic heterocycles. The molecular formula is C38H24ClN3O. The lowest BCUT2D eigenvalue weighted by atomic mass is 9.69. The van der Waals surface area contributed by atoms with Crippen LogP contribution in [0.5, 0.6) is 5.75 Å². The summed E-state index contributed by atoms with van der Waals surface area (Å²) in [4.78, 5) is 14.5. The molecule has 0 amide bonds. The van der Waals surface area contributed by atoms with Gasteiger partial charge in [-0.3, -0.25) is 4.98 Å². The van der Waals surface area contributed by atoms with Crippen LogP contribution < -0.4 is 0 Å². The summed E-state index contributed by atoms with van der Waals surface area (Å²) >= 11 is 6.32. The van der Waals surface area contributed by atoms with Crippen LogP contribution in [0.25, 0.3) is 44.5 Å². The monoisotopic (exact) mass is 573 g/mol. The Morgan fingerprint density at radius 3 is 2.09 bits per heavy atom. The molecule has 0 fully saturated rings. The number of aromatic hydroxyl groups is 1. The lowest BCUT2D eigenvalue weighted by Gasteiger charge is -2.33. The van der Waals surface area contributed by atoms with E-state index >= 15 is 0 Å². The Labute approximate surface area is 254 Å². The van der Waals surface area contributed by atoms with E-state index in [1.165, 1.54) is 11.1 Å². The zero-order chi connectivity index (χ0) is 29.0. The normalized spacial score (nSPS) is 13.0. The minimum atomic E-state index is -0.726. The fourth-order valence-electron chi connectivity index (χ4n) is 6.62. The average Bonchev–Trinajstić information content (AvgIpc) is 3.37. The molecule has 8 rings (SSSR count). The van der Waals surface area contributed by atoms with Crippen molar-refractivity contribution < 1.29 is 5.11 Å². The number of phenols is 1. The molecule has 4 nitrogen and oxygen atoms in total. The molecule has 0 atom stereocenters. The highest BCUT2D eigenvalue weighted by atomic mass is 35.5. The van der Waals surface area contributed by atoms with Crippen molar-refractivity contribution >= 4 is 22.5 Å². The maximum Gasteiger partial charge on any atom is 0.143 e. The molecule has 5 heteroatoms. The van der Waals surface area contributed by atoms with E-state index in [9.17, 15) is 5.11 Å². The lowest BCUT2D eigenvalue weighted by Crippen LogP contribution is -2.30. The topological polar surface area (TPSA) is 58.9 Å². The van der Waals surface area contributed by atoms with Crippen LogP contribution in [0.15, 0.2) is 140 Å². The van der Waals surface area contributed by atoms with E-state index in [2.05, 4.69) is 89.9 Å². The van der Waals surface area contributed by atoms with Crippen LogP contribution in [0.4, 0.5) is 0 Å². The number of para-hydroxylation sites is 2. The molecule has 43 heavy (non-hydrogen) atoms. The van der Waals surface area contributed by atoms with E-state index in [1.807, 2.05) is 42.5 Å². The summed E-state index contributed by atoms with van der Waals surface area (Å²) in [6.45, 7) is 0. The van der Waals surface area contributed by atoms with Gasteiger partial charge in [-0.15, -0.1) is 0 Å². The number of hydrogen-bond acceptors (Lipinski definition) is 4. The minimum absolute atomic E-state index is 0.0210. The first kappa shape index (κ1) is 25.4. The van der Waals surface area contributed by atoms with E-state index in [4.69, 9.17) is 21.6 Å². The number of rotatable bonds is 4. The van der Waals surface area contributed by atoms with Crippen LogP contribution in [0.3, 0.4) is 0 Å². The van der Waals surface area contributed by atoms with Gasteiger partial charge in [-0.2, -0.15) is 0 Å². The van der Waals surface area contributed by atoms with Crippen molar-refractivity contribution in [2.24, 2.45) is 0 Å². The molecule has 0 spiro atoms. The lowest BCUT2D eigenvalue weighted by molar-refractivity contribution is 0.477. The van der Waals surface area contributed by atoms with Crippen LogP contribution in [0.1, 0.15) is 22.4 Å². The molecule has 1 aliphatic carbocycles. The standard InChI is InChI=1S/C38H24ClN3O/c39-32-18-8-15-29(37(32)43)34-20-9-21-35(42-34)38(30-16-4-1-12-26(30)27-13-2-5-17-31(27)38)25-11-7-10-24(22-25)36-28-14-3-6-19-33(28)40-23-41-36/h1-23,43H. The minimum Gasteiger partial charge on any atom is -0.506 e. The van der Waals surface area contributed by atoms with Crippen LogP contribution in [0.2, 0.25) is 5.02 Å². The number of phenolic OH excluding ortho intramolecular Hbond substituents is 1. The summed E-state index contributed by atoms with van der Waals surface area (Å²) in [5, 5.41) is 12.2.